The van der Waals surface area contributed by atoms with Gasteiger partial charge >= 0.3 is 5.69 Å². The molecule has 4 N–H and O–H groups in total. The van der Waals surface area contributed by atoms with Crippen molar-refractivity contribution in [2.24, 2.45) is 11.8 Å². The maximum Gasteiger partial charge on any atom is 0.329 e. The van der Waals surface area contributed by atoms with E-state index in [0.717, 1.165) is 25.4 Å². The molecule has 2 fully saturated rings. The van der Waals surface area contributed by atoms with Crippen molar-refractivity contribution in [1.29, 1.82) is 0 Å². The highest BCUT2D eigenvalue weighted by atomic mass is 16.2. The minimum absolute atomic E-state index is 0.00699. The maximum absolute atomic E-state index is 12.7. The summed E-state index contributed by atoms with van der Waals surface area (Å²) in [7, 11) is 0. The fourth-order valence-electron chi connectivity index (χ4n) is 4.57. The number of nitrogen functional groups attached to an aromatic ring is 1. The number of H-pyrrole nitrogens is 1. The molecule has 1 saturated carbocycles. The Kier molecular flexibility index (Phi) is 5.42. The van der Waals surface area contributed by atoms with E-state index in [4.69, 9.17) is 5.73 Å². The van der Waals surface area contributed by atoms with E-state index in [9.17, 15) is 14.4 Å². The zero-order valence-electron chi connectivity index (χ0n) is 15.0. The minimum Gasteiger partial charge on any atom is -0.384 e. The number of carbonyl (C=O) groups excluding carboxylic acids is 1. The molecule has 1 aliphatic heterocycles. The molecule has 7 heteroatoms. The van der Waals surface area contributed by atoms with Gasteiger partial charge in [-0.05, 0) is 31.6 Å². The number of hydrogen-bond donors (Lipinski definition) is 3. The topological polar surface area (TPSA) is 102 Å². The number of hydrogen-bond acceptors (Lipinski definition) is 4. The molecule has 0 spiro atoms. The molecular formula is C18H29N4O3+. The third-order valence-corrected chi connectivity index (χ3v) is 5.86. The molecule has 1 aromatic heterocycles. The summed E-state index contributed by atoms with van der Waals surface area (Å²) >= 11 is 0. The van der Waals surface area contributed by atoms with E-state index in [0.29, 0.717) is 18.9 Å². The van der Waals surface area contributed by atoms with Crippen LogP contribution in [0.15, 0.2) is 9.59 Å². The lowest BCUT2D eigenvalue weighted by atomic mass is 9.75. The summed E-state index contributed by atoms with van der Waals surface area (Å²) in [6.45, 7) is 4.56. The number of anilines is 1. The van der Waals surface area contributed by atoms with Gasteiger partial charge in [-0.2, -0.15) is 0 Å². The molecular weight excluding hydrogens is 320 g/mol. The SMILES string of the molecule is CCCn1c(N)c(C(=O)C[NH+]2CC[C@H]3CCCC[C@@H]3C2)c(=O)[nH]c1=O. The van der Waals surface area contributed by atoms with Gasteiger partial charge in [0.15, 0.2) is 0 Å². The smallest absolute Gasteiger partial charge is 0.329 e. The standard InChI is InChI=1S/C18H28N4O3/c1-2-8-22-16(19)15(17(24)20-18(22)25)14(23)11-21-9-7-12-5-3-4-6-13(12)10-21/h12-13H,2-11,19H2,1H3,(H,20,24,25)/p+1/t12-,13-/m1/s1. The summed E-state index contributed by atoms with van der Waals surface area (Å²) in [5.41, 5.74) is 4.74. The maximum atomic E-state index is 12.7. The van der Waals surface area contributed by atoms with E-state index >= 15 is 0 Å². The minimum atomic E-state index is -0.660. The van der Waals surface area contributed by atoms with E-state index in [1.807, 2.05) is 6.92 Å². The molecule has 138 valence electrons. The molecule has 2 heterocycles. The van der Waals surface area contributed by atoms with Crippen molar-refractivity contribution < 1.29 is 9.69 Å². The summed E-state index contributed by atoms with van der Waals surface area (Å²) in [6.07, 6.45) is 7.06. The zero-order valence-corrected chi connectivity index (χ0v) is 15.0. The van der Waals surface area contributed by atoms with Gasteiger partial charge in [0.25, 0.3) is 5.56 Å². The number of quaternary nitrogens is 1. The normalized spacial score (nSPS) is 26.2. The average molecular weight is 349 g/mol. The number of aromatic nitrogens is 2. The predicted molar refractivity (Wildman–Crippen MR) is 96.0 cm³/mol. The number of fused-ring (bicyclic) bond motifs is 1. The fraction of sp³-hybridized carbons (Fsp3) is 0.722. The Hall–Kier alpha value is -1.89. The highest BCUT2D eigenvalue weighted by molar-refractivity contribution is 6.00. The molecule has 3 rings (SSSR count). The van der Waals surface area contributed by atoms with Gasteiger partial charge in [-0.25, -0.2) is 4.79 Å². The van der Waals surface area contributed by atoms with Gasteiger partial charge < -0.3 is 10.6 Å². The second-order valence-corrected chi connectivity index (χ2v) is 7.57. The van der Waals surface area contributed by atoms with Crippen LogP contribution in [0.25, 0.3) is 0 Å². The predicted octanol–water partition coefficient (Wildman–Crippen LogP) is -0.193. The van der Waals surface area contributed by atoms with Crippen LogP contribution in [-0.2, 0) is 6.54 Å². The zero-order chi connectivity index (χ0) is 18.0. The number of nitrogens with one attached hydrogen (secondary N) is 2. The summed E-state index contributed by atoms with van der Waals surface area (Å²) in [6, 6.07) is 0. The van der Waals surface area contributed by atoms with Crippen molar-refractivity contribution >= 4 is 11.6 Å². The number of nitrogens with zero attached hydrogens (tertiary/aromatic N) is 1. The van der Waals surface area contributed by atoms with Gasteiger partial charge in [-0.1, -0.05) is 19.8 Å². The van der Waals surface area contributed by atoms with E-state index in [2.05, 4.69) is 4.98 Å². The quantitative estimate of drug-likeness (QED) is 0.641. The number of Topliss-reactive ketones (excluding diaryl/α,β-unsaturated/α-hetero) is 1. The highest BCUT2D eigenvalue weighted by Gasteiger charge is 2.35. The van der Waals surface area contributed by atoms with Crippen LogP contribution in [0.1, 0.15) is 55.8 Å². The Bertz CT molecular complexity index is 752. The van der Waals surface area contributed by atoms with Crippen LogP contribution < -0.4 is 21.9 Å². The molecule has 7 nitrogen and oxygen atoms in total. The van der Waals surface area contributed by atoms with Gasteiger partial charge in [-0.15, -0.1) is 0 Å². The monoisotopic (exact) mass is 349 g/mol. The first-order valence-corrected chi connectivity index (χ1v) is 9.50. The number of piperidine rings is 1. The van der Waals surface area contributed by atoms with E-state index in [-0.39, 0.29) is 23.7 Å². The van der Waals surface area contributed by atoms with Gasteiger partial charge in [0.05, 0.1) is 13.1 Å². The van der Waals surface area contributed by atoms with Gasteiger partial charge in [-0.3, -0.25) is 19.1 Å². The summed E-state index contributed by atoms with van der Waals surface area (Å²) < 4.78 is 1.29. The lowest BCUT2D eigenvalue weighted by Gasteiger charge is -2.38. The van der Waals surface area contributed by atoms with Crippen molar-refractivity contribution in [2.75, 3.05) is 25.4 Å². The molecule has 3 atom stereocenters. The van der Waals surface area contributed by atoms with Gasteiger partial charge in [0.1, 0.15) is 17.9 Å². The third kappa shape index (κ3) is 3.71. The van der Waals surface area contributed by atoms with Crippen LogP contribution in [-0.4, -0.2) is 35.0 Å². The fourth-order valence-corrected chi connectivity index (χ4v) is 4.57. The average Bonchev–Trinajstić information content (AvgIpc) is 2.58. The number of rotatable bonds is 5. The largest absolute Gasteiger partial charge is 0.384 e. The molecule has 25 heavy (non-hydrogen) atoms. The van der Waals surface area contributed by atoms with E-state index in [1.165, 1.54) is 35.2 Å². The molecule has 0 amide bonds. The lowest BCUT2D eigenvalue weighted by molar-refractivity contribution is -0.902. The molecule has 1 saturated heterocycles. The Morgan fingerprint density at radius 1 is 1.24 bits per heavy atom. The summed E-state index contributed by atoms with van der Waals surface area (Å²) in [5, 5.41) is 0. The number of ketones is 1. The van der Waals surface area contributed by atoms with Crippen LogP contribution in [0.5, 0.6) is 0 Å². The summed E-state index contributed by atoms with van der Waals surface area (Å²) in [4.78, 5) is 40.3. The van der Waals surface area contributed by atoms with Crippen molar-refractivity contribution in [3.63, 3.8) is 0 Å². The van der Waals surface area contributed by atoms with Crippen molar-refractivity contribution in [1.82, 2.24) is 9.55 Å². The van der Waals surface area contributed by atoms with Gasteiger partial charge in [0.2, 0.25) is 5.78 Å². The number of aromatic amines is 1. The number of carbonyl (C=O) groups is 1. The van der Waals surface area contributed by atoms with Crippen LogP contribution >= 0.6 is 0 Å². The van der Waals surface area contributed by atoms with E-state index in [1.54, 1.807) is 0 Å². The van der Waals surface area contributed by atoms with Crippen molar-refractivity contribution in [3.05, 3.63) is 26.4 Å². The van der Waals surface area contributed by atoms with Crippen molar-refractivity contribution in [3.8, 4) is 0 Å². The van der Waals surface area contributed by atoms with E-state index < -0.39 is 11.2 Å². The first kappa shape index (κ1) is 17.9. The molecule has 1 unspecified atom stereocenters. The first-order valence-electron chi connectivity index (χ1n) is 9.50. The molecule has 1 aromatic rings. The van der Waals surface area contributed by atoms with Crippen LogP contribution in [0.2, 0.25) is 0 Å². The molecule has 2 aliphatic rings. The molecule has 0 bridgehead atoms. The second-order valence-electron chi connectivity index (χ2n) is 7.57. The highest BCUT2D eigenvalue weighted by Crippen LogP contribution is 2.32. The first-order chi connectivity index (χ1) is 12.0. The number of nitrogens with two attached hydrogens (primary N) is 1. The summed E-state index contributed by atoms with van der Waals surface area (Å²) in [5.74, 6) is 1.27. The van der Waals surface area contributed by atoms with Gasteiger partial charge in [0, 0.05) is 12.5 Å². The van der Waals surface area contributed by atoms with Crippen LogP contribution in [0, 0.1) is 11.8 Å². The second kappa shape index (κ2) is 7.56. The molecule has 1 aliphatic carbocycles. The number of likely N-dealkylation sites (tertiary alicyclic amines) is 1. The Balaban J connectivity index is 1.76. The Morgan fingerprint density at radius 2 is 1.96 bits per heavy atom. The Morgan fingerprint density at radius 3 is 2.68 bits per heavy atom. The lowest BCUT2D eigenvalue weighted by Crippen LogP contribution is -3.14. The third-order valence-electron chi connectivity index (χ3n) is 5.86. The van der Waals surface area contributed by atoms with Crippen molar-refractivity contribution in [2.45, 2.75) is 52.0 Å². The van der Waals surface area contributed by atoms with Crippen LogP contribution in [0.4, 0.5) is 5.82 Å². The van der Waals surface area contributed by atoms with Crippen LogP contribution in [0.3, 0.4) is 0 Å². The molecule has 0 radical (unpaired) electrons. The Labute approximate surface area is 147 Å². The molecule has 0 aromatic carbocycles.